The number of morpholine rings is 1. The number of amides is 2. The number of nitrogens with zero attached hydrogens (tertiary/aromatic N) is 1. The van der Waals surface area contributed by atoms with Gasteiger partial charge >= 0.3 is 0 Å². The molecule has 8 nitrogen and oxygen atoms in total. The number of furan rings is 2. The third-order valence-corrected chi connectivity index (χ3v) is 5.18. The van der Waals surface area contributed by atoms with Crippen molar-refractivity contribution < 1.29 is 23.2 Å². The normalized spacial score (nSPS) is 15.4. The highest BCUT2D eigenvalue weighted by atomic mass is 16.5. The summed E-state index contributed by atoms with van der Waals surface area (Å²) in [4.78, 5) is 27.0. The van der Waals surface area contributed by atoms with E-state index in [2.05, 4.69) is 15.5 Å². The lowest BCUT2D eigenvalue weighted by atomic mass is 10.1. The number of nitrogens with one attached hydrogen (secondary N) is 2. The maximum Gasteiger partial charge on any atom is 0.291 e. The van der Waals surface area contributed by atoms with Crippen LogP contribution in [0.3, 0.4) is 0 Å². The summed E-state index contributed by atoms with van der Waals surface area (Å²) < 4.78 is 16.4. The van der Waals surface area contributed by atoms with Crippen LogP contribution in [0.15, 0.2) is 63.6 Å². The van der Waals surface area contributed by atoms with Crippen molar-refractivity contribution >= 4 is 17.5 Å². The summed E-state index contributed by atoms with van der Waals surface area (Å²) in [5.41, 5.74) is 1.09. The summed E-state index contributed by atoms with van der Waals surface area (Å²) >= 11 is 0. The van der Waals surface area contributed by atoms with Crippen LogP contribution >= 0.6 is 0 Å². The van der Waals surface area contributed by atoms with E-state index >= 15 is 0 Å². The zero-order valence-electron chi connectivity index (χ0n) is 17.3. The summed E-state index contributed by atoms with van der Waals surface area (Å²) in [6.07, 6.45) is 1.44. The highest BCUT2D eigenvalue weighted by Crippen LogP contribution is 2.23. The molecule has 1 atom stereocenters. The van der Waals surface area contributed by atoms with Gasteiger partial charge < -0.3 is 24.2 Å². The Hall–Kier alpha value is -3.36. The molecule has 8 heteroatoms. The highest BCUT2D eigenvalue weighted by molar-refractivity contribution is 6.02. The molecule has 2 amide bonds. The van der Waals surface area contributed by atoms with Gasteiger partial charge in [0.1, 0.15) is 11.5 Å². The van der Waals surface area contributed by atoms with Gasteiger partial charge in [-0.3, -0.25) is 14.5 Å². The molecule has 1 fully saturated rings. The van der Waals surface area contributed by atoms with Gasteiger partial charge in [-0.25, -0.2) is 0 Å². The van der Waals surface area contributed by atoms with E-state index in [-0.39, 0.29) is 23.6 Å². The molecule has 0 radical (unpaired) electrons. The molecule has 1 unspecified atom stereocenters. The van der Waals surface area contributed by atoms with E-state index in [4.69, 9.17) is 13.6 Å². The van der Waals surface area contributed by atoms with E-state index in [1.165, 1.54) is 6.26 Å². The van der Waals surface area contributed by atoms with E-state index in [0.29, 0.717) is 31.0 Å². The Bertz CT molecular complexity index is 1000. The summed E-state index contributed by atoms with van der Waals surface area (Å²) in [7, 11) is 0. The molecule has 2 aromatic heterocycles. The fourth-order valence-corrected chi connectivity index (χ4v) is 3.53. The monoisotopic (exact) mass is 423 g/mol. The van der Waals surface area contributed by atoms with Gasteiger partial charge in [0.2, 0.25) is 0 Å². The molecule has 2 N–H and O–H groups in total. The van der Waals surface area contributed by atoms with E-state index in [9.17, 15) is 9.59 Å². The van der Waals surface area contributed by atoms with E-state index in [1.54, 1.807) is 36.4 Å². The van der Waals surface area contributed by atoms with Crippen molar-refractivity contribution in [2.45, 2.75) is 13.0 Å². The van der Waals surface area contributed by atoms with E-state index in [1.807, 2.05) is 19.1 Å². The average Bonchev–Trinajstić information content (AvgIpc) is 3.47. The third-order valence-electron chi connectivity index (χ3n) is 5.18. The first-order valence-corrected chi connectivity index (χ1v) is 10.2. The van der Waals surface area contributed by atoms with Crippen LogP contribution in [0.4, 0.5) is 5.69 Å². The first kappa shape index (κ1) is 20.9. The molecule has 1 aliphatic rings. The molecule has 0 bridgehead atoms. The minimum Gasteiger partial charge on any atom is -0.465 e. The highest BCUT2D eigenvalue weighted by Gasteiger charge is 2.25. The van der Waals surface area contributed by atoms with Crippen molar-refractivity contribution in [2.24, 2.45) is 0 Å². The summed E-state index contributed by atoms with van der Waals surface area (Å²) in [6.45, 7) is 5.22. The number of carbonyl (C=O) groups excluding carboxylic acids is 2. The molecule has 1 saturated heterocycles. The largest absolute Gasteiger partial charge is 0.465 e. The Kier molecular flexibility index (Phi) is 6.49. The minimum atomic E-state index is -0.343. The lowest BCUT2D eigenvalue weighted by molar-refractivity contribution is 0.0117. The maximum atomic E-state index is 12.7. The minimum absolute atomic E-state index is 0.0617. The first-order valence-electron chi connectivity index (χ1n) is 10.2. The van der Waals surface area contributed by atoms with Crippen LogP contribution in [0.2, 0.25) is 0 Å². The number of benzene rings is 1. The predicted molar refractivity (Wildman–Crippen MR) is 114 cm³/mol. The van der Waals surface area contributed by atoms with Gasteiger partial charge in [0.15, 0.2) is 5.76 Å². The summed E-state index contributed by atoms with van der Waals surface area (Å²) in [5, 5.41) is 5.74. The van der Waals surface area contributed by atoms with Crippen molar-refractivity contribution in [2.75, 3.05) is 38.2 Å². The Morgan fingerprint density at radius 2 is 1.81 bits per heavy atom. The van der Waals surface area contributed by atoms with Gasteiger partial charge in [-0.15, -0.1) is 0 Å². The van der Waals surface area contributed by atoms with E-state index in [0.717, 1.165) is 24.6 Å². The lowest BCUT2D eigenvalue weighted by Gasteiger charge is -2.33. The molecule has 4 rings (SSSR count). The van der Waals surface area contributed by atoms with Gasteiger partial charge in [-0.2, -0.15) is 0 Å². The molecule has 1 aliphatic heterocycles. The summed E-state index contributed by atoms with van der Waals surface area (Å²) in [6, 6.07) is 13.8. The Morgan fingerprint density at radius 1 is 1.03 bits per heavy atom. The van der Waals surface area contributed by atoms with Crippen molar-refractivity contribution in [3.05, 3.63) is 77.6 Å². The molecular weight excluding hydrogens is 398 g/mol. The molecular formula is C23H25N3O5. The van der Waals surface area contributed by atoms with Crippen molar-refractivity contribution in [1.29, 1.82) is 0 Å². The number of anilines is 1. The number of rotatable bonds is 7. The second kappa shape index (κ2) is 9.63. The Balaban J connectivity index is 1.37. The fraction of sp³-hybridized carbons (Fsp3) is 0.304. The van der Waals surface area contributed by atoms with Crippen LogP contribution in [0.5, 0.6) is 0 Å². The number of carbonyl (C=O) groups is 2. The molecule has 1 aromatic carbocycles. The van der Waals surface area contributed by atoms with Gasteiger partial charge in [-0.1, -0.05) is 0 Å². The van der Waals surface area contributed by atoms with Crippen LogP contribution < -0.4 is 10.6 Å². The van der Waals surface area contributed by atoms with Crippen molar-refractivity contribution in [3.8, 4) is 0 Å². The quantitative estimate of drug-likeness (QED) is 0.606. The van der Waals surface area contributed by atoms with Crippen LogP contribution in [-0.2, 0) is 4.74 Å². The van der Waals surface area contributed by atoms with Crippen molar-refractivity contribution in [3.63, 3.8) is 0 Å². The van der Waals surface area contributed by atoms with Crippen LogP contribution in [0, 0.1) is 6.92 Å². The van der Waals surface area contributed by atoms with Gasteiger partial charge in [-0.05, 0) is 55.5 Å². The van der Waals surface area contributed by atoms with Crippen LogP contribution in [0.25, 0.3) is 0 Å². The molecule has 0 spiro atoms. The first-order chi connectivity index (χ1) is 15.1. The Morgan fingerprint density at radius 3 is 2.45 bits per heavy atom. The third kappa shape index (κ3) is 5.22. The molecule has 162 valence electrons. The van der Waals surface area contributed by atoms with Gasteiger partial charge in [0, 0.05) is 30.9 Å². The number of ether oxygens (including phenoxy) is 1. The predicted octanol–water partition coefficient (Wildman–Crippen LogP) is 3.24. The van der Waals surface area contributed by atoms with Crippen LogP contribution in [0.1, 0.15) is 38.5 Å². The Labute approximate surface area is 180 Å². The van der Waals surface area contributed by atoms with Crippen LogP contribution in [-0.4, -0.2) is 49.6 Å². The smallest absolute Gasteiger partial charge is 0.291 e. The number of hydrogen-bond acceptors (Lipinski definition) is 6. The number of aryl methyl sites for hydroxylation is 1. The SMILES string of the molecule is Cc1ccc(C(CNC(=O)c2ccc(NC(=O)c3ccco3)cc2)N2CCOCC2)o1. The lowest BCUT2D eigenvalue weighted by Crippen LogP contribution is -2.43. The zero-order valence-corrected chi connectivity index (χ0v) is 17.3. The molecule has 0 aliphatic carbocycles. The van der Waals surface area contributed by atoms with Gasteiger partial charge in [0.05, 0.1) is 25.5 Å². The van der Waals surface area contributed by atoms with E-state index < -0.39 is 0 Å². The second-order valence-electron chi connectivity index (χ2n) is 7.33. The molecule has 0 saturated carbocycles. The number of hydrogen-bond donors (Lipinski definition) is 2. The standard InChI is InChI=1S/C23H25N3O5/c1-16-4-9-20(31-16)19(26-10-13-29-14-11-26)15-24-22(27)17-5-7-18(8-6-17)25-23(28)21-3-2-12-30-21/h2-9,12,19H,10-11,13-15H2,1H3,(H,24,27)(H,25,28). The molecule has 3 aromatic rings. The zero-order chi connectivity index (χ0) is 21.6. The van der Waals surface area contributed by atoms with Crippen molar-refractivity contribution in [1.82, 2.24) is 10.2 Å². The summed E-state index contributed by atoms with van der Waals surface area (Å²) in [5.74, 6) is 1.36. The maximum absolute atomic E-state index is 12.7. The van der Waals surface area contributed by atoms with Gasteiger partial charge in [0.25, 0.3) is 11.8 Å². The molecule has 31 heavy (non-hydrogen) atoms. The fourth-order valence-electron chi connectivity index (χ4n) is 3.53. The topological polar surface area (TPSA) is 97.0 Å². The molecule has 3 heterocycles. The average molecular weight is 423 g/mol. The second-order valence-corrected chi connectivity index (χ2v) is 7.33.